The fraction of sp³-hybridized carbons (Fsp3) is 0.583. The molecule has 8 nitrogen and oxygen atoms in total. The molecule has 20 heavy (non-hydrogen) atoms. The highest BCUT2D eigenvalue weighted by molar-refractivity contribution is 5.61. The van der Waals surface area contributed by atoms with Crippen molar-refractivity contribution in [2.45, 2.75) is 6.92 Å². The molecule has 0 radical (unpaired) electrons. The SMILES string of the molecule is CCNc1ccc([N+](=O)[O-])c(N(CCO)CCOC)n1. The van der Waals surface area contributed by atoms with Crippen molar-refractivity contribution in [3.8, 4) is 0 Å². The molecular weight excluding hydrogens is 264 g/mol. The molecule has 0 aliphatic heterocycles. The number of aliphatic hydroxyl groups is 1. The van der Waals surface area contributed by atoms with Crippen LogP contribution in [0.3, 0.4) is 0 Å². The minimum atomic E-state index is -0.477. The first-order chi connectivity index (χ1) is 9.63. The quantitative estimate of drug-likeness (QED) is 0.512. The summed E-state index contributed by atoms with van der Waals surface area (Å²) in [6.07, 6.45) is 0. The molecule has 0 aliphatic rings. The highest BCUT2D eigenvalue weighted by atomic mass is 16.6. The number of methoxy groups -OCH3 is 1. The first kappa shape index (κ1) is 16.1. The molecule has 0 bridgehead atoms. The van der Waals surface area contributed by atoms with E-state index in [1.165, 1.54) is 6.07 Å². The Labute approximate surface area is 117 Å². The Balaban J connectivity index is 3.12. The third-order valence-corrected chi connectivity index (χ3v) is 2.64. The molecule has 0 unspecified atom stereocenters. The van der Waals surface area contributed by atoms with E-state index in [0.717, 1.165) is 0 Å². The Bertz CT molecular complexity index is 441. The molecule has 8 heteroatoms. The van der Waals surface area contributed by atoms with Crippen LogP contribution in [-0.2, 0) is 4.74 Å². The largest absolute Gasteiger partial charge is 0.395 e. The summed E-state index contributed by atoms with van der Waals surface area (Å²) in [5, 5.41) is 23.2. The average molecular weight is 284 g/mol. The number of nitrogens with zero attached hydrogens (tertiary/aromatic N) is 3. The van der Waals surface area contributed by atoms with Gasteiger partial charge in [0.15, 0.2) is 0 Å². The number of ether oxygens (including phenoxy) is 1. The van der Waals surface area contributed by atoms with Crippen LogP contribution in [0, 0.1) is 10.1 Å². The molecule has 0 aromatic carbocycles. The van der Waals surface area contributed by atoms with Gasteiger partial charge in [-0.05, 0) is 13.0 Å². The van der Waals surface area contributed by atoms with Gasteiger partial charge in [-0.2, -0.15) is 0 Å². The van der Waals surface area contributed by atoms with Gasteiger partial charge in [0, 0.05) is 32.8 Å². The van der Waals surface area contributed by atoms with Crippen molar-refractivity contribution in [3.05, 3.63) is 22.2 Å². The zero-order valence-corrected chi connectivity index (χ0v) is 11.7. The number of aliphatic hydroxyl groups excluding tert-OH is 1. The first-order valence-corrected chi connectivity index (χ1v) is 6.38. The van der Waals surface area contributed by atoms with Crippen molar-refractivity contribution in [2.24, 2.45) is 0 Å². The van der Waals surface area contributed by atoms with Gasteiger partial charge in [-0.25, -0.2) is 4.98 Å². The van der Waals surface area contributed by atoms with Gasteiger partial charge in [-0.3, -0.25) is 10.1 Å². The summed E-state index contributed by atoms with van der Waals surface area (Å²) in [4.78, 5) is 16.5. The summed E-state index contributed by atoms with van der Waals surface area (Å²) in [5.74, 6) is 0.799. The fourth-order valence-electron chi connectivity index (χ4n) is 1.74. The Morgan fingerprint density at radius 3 is 2.80 bits per heavy atom. The number of pyridine rings is 1. The molecular formula is C12H20N4O4. The molecule has 0 aliphatic carbocycles. The highest BCUT2D eigenvalue weighted by Gasteiger charge is 2.21. The van der Waals surface area contributed by atoms with E-state index in [9.17, 15) is 10.1 Å². The van der Waals surface area contributed by atoms with Crippen LogP contribution in [0.2, 0.25) is 0 Å². The number of nitro groups is 1. The van der Waals surface area contributed by atoms with Crippen LogP contribution in [0.5, 0.6) is 0 Å². The van der Waals surface area contributed by atoms with Gasteiger partial charge in [-0.15, -0.1) is 0 Å². The topological polar surface area (TPSA) is 101 Å². The second-order valence-electron chi connectivity index (χ2n) is 4.03. The van der Waals surface area contributed by atoms with Crippen molar-refractivity contribution in [2.75, 3.05) is 50.2 Å². The molecule has 1 heterocycles. The summed E-state index contributed by atoms with van der Waals surface area (Å²) >= 11 is 0. The third-order valence-electron chi connectivity index (χ3n) is 2.64. The molecule has 1 aromatic rings. The minimum absolute atomic E-state index is 0.0868. The molecule has 2 N–H and O–H groups in total. The molecule has 112 valence electrons. The van der Waals surface area contributed by atoms with E-state index in [1.807, 2.05) is 6.92 Å². The van der Waals surface area contributed by atoms with E-state index in [2.05, 4.69) is 10.3 Å². The van der Waals surface area contributed by atoms with Crippen LogP contribution in [0.4, 0.5) is 17.3 Å². The summed E-state index contributed by atoms with van der Waals surface area (Å²) in [6, 6.07) is 2.98. The van der Waals surface area contributed by atoms with Gasteiger partial charge < -0.3 is 20.1 Å². The lowest BCUT2D eigenvalue weighted by Crippen LogP contribution is -2.31. The van der Waals surface area contributed by atoms with Crippen molar-refractivity contribution < 1.29 is 14.8 Å². The predicted octanol–water partition coefficient (Wildman–Crippen LogP) is 0.867. The summed E-state index contributed by atoms with van der Waals surface area (Å²) < 4.78 is 4.98. The molecule has 0 fully saturated rings. The van der Waals surface area contributed by atoms with E-state index in [4.69, 9.17) is 9.84 Å². The Kier molecular flexibility index (Phi) is 6.68. The zero-order chi connectivity index (χ0) is 15.0. The number of nitrogens with one attached hydrogen (secondary N) is 1. The maximum Gasteiger partial charge on any atom is 0.311 e. The normalized spacial score (nSPS) is 10.3. The maximum atomic E-state index is 11.1. The lowest BCUT2D eigenvalue weighted by molar-refractivity contribution is -0.384. The Morgan fingerprint density at radius 2 is 2.25 bits per heavy atom. The minimum Gasteiger partial charge on any atom is -0.395 e. The van der Waals surface area contributed by atoms with Gasteiger partial charge in [0.05, 0.1) is 18.1 Å². The molecule has 0 saturated heterocycles. The smallest absolute Gasteiger partial charge is 0.311 e. The molecule has 1 rings (SSSR count). The standard InChI is InChI=1S/C12H20N4O4/c1-3-13-11-5-4-10(16(18)19)12(14-11)15(6-8-17)7-9-20-2/h4-5,17H,3,6-9H2,1-2H3,(H,13,14). The van der Waals surface area contributed by atoms with E-state index in [1.54, 1.807) is 18.1 Å². The van der Waals surface area contributed by atoms with E-state index >= 15 is 0 Å². The second-order valence-corrected chi connectivity index (χ2v) is 4.03. The average Bonchev–Trinajstić information content (AvgIpc) is 2.43. The Hall–Kier alpha value is -1.93. The number of hydrogen-bond acceptors (Lipinski definition) is 7. The van der Waals surface area contributed by atoms with Crippen LogP contribution >= 0.6 is 0 Å². The van der Waals surface area contributed by atoms with E-state index in [0.29, 0.717) is 25.5 Å². The fourth-order valence-corrected chi connectivity index (χ4v) is 1.74. The molecule has 0 atom stereocenters. The van der Waals surface area contributed by atoms with Crippen molar-refractivity contribution in [1.82, 2.24) is 4.98 Å². The van der Waals surface area contributed by atoms with Crippen LogP contribution in [-0.4, -0.2) is 55.0 Å². The van der Waals surface area contributed by atoms with Crippen LogP contribution in [0.15, 0.2) is 12.1 Å². The first-order valence-electron chi connectivity index (χ1n) is 6.38. The Morgan fingerprint density at radius 1 is 1.50 bits per heavy atom. The molecule has 0 spiro atoms. The van der Waals surface area contributed by atoms with Gasteiger partial charge >= 0.3 is 5.69 Å². The number of hydrogen-bond donors (Lipinski definition) is 2. The number of aromatic nitrogens is 1. The molecule has 1 aromatic heterocycles. The second kappa shape index (κ2) is 8.28. The van der Waals surface area contributed by atoms with Gasteiger partial charge in [0.1, 0.15) is 5.82 Å². The highest BCUT2D eigenvalue weighted by Crippen LogP contribution is 2.27. The summed E-state index contributed by atoms with van der Waals surface area (Å²) in [5.41, 5.74) is -0.0868. The van der Waals surface area contributed by atoms with Crippen LogP contribution < -0.4 is 10.2 Å². The lowest BCUT2D eigenvalue weighted by atomic mass is 10.3. The van der Waals surface area contributed by atoms with Gasteiger partial charge in [0.25, 0.3) is 0 Å². The zero-order valence-electron chi connectivity index (χ0n) is 11.7. The monoisotopic (exact) mass is 284 g/mol. The van der Waals surface area contributed by atoms with Crippen molar-refractivity contribution in [3.63, 3.8) is 0 Å². The lowest BCUT2D eigenvalue weighted by Gasteiger charge is -2.22. The molecule has 0 amide bonds. The van der Waals surface area contributed by atoms with Crippen LogP contribution in [0.25, 0.3) is 0 Å². The molecule has 0 saturated carbocycles. The van der Waals surface area contributed by atoms with Crippen molar-refractivity contribution in [1.29, 1.82) is 0 Å². The van der Waals surface area contributed by atoms with Gasteiger partial charge in [0.2, 0.25) is 5.82 Å². The number of rotatable bonds is 9. The maximum absolute atomic E-state index is 11.1. The van der Waals surface area contributed by atoms with E-state index < -0.39 is 4.92 Å². The summed E-state index contributed by atoms with van der Waals surface area (Å²) in [7, 11) is 1.55. The number of anilines is 2. The van der Waals surface area contributed by atoms with Crippen LogP contribution in [0.1, 0.15) is 6.92 Å². The van der Waals surface area contributed by atoms with Crippen molar-refractivity contribution >= 4 is 17.3 Å². The van der Waals surface area contributed by atoms with E-state index in [-0.39, 0.29) is 24.7 Å². The summed E-state index contributed by atoms with van der Waals surface area (Å²) in [6.45, 7) is 3.53. The third kappa shape index (κ3) is 4.32. The van der Waals surface area contributed by atoms with Gasteiger partial charge in [-0.1, -0.05) is 0 Å². The predicted molar refractivity (Wildman–Crippen MR) is 76.2 cm³/mol.